The van der Waals surface area contributed by atoms with Crippen molar-refractivity contribution in [2.75, 3.05) is 13.2 Å². The van der Waals surface area contributed by atoms with Crippen LogP contribution in [0.15, 0.2) is 11.6 Å². The van der Waals surface area contributed by atoms with E-state index in [2.05, 4.69) is 38.7 Å². The fourth-order valence-corrected chi connectivity index (χ4v) is 13.2. The lowest BCUT2D eigenvalue weighted by molar-refractivity contribution is -0.360. The normalized spacial score (nSPS) is 58.5. The van der Waals surface area contributed by atoms with E-state index in [-0.39, 0.29) is 23.0 Å². The second-order valence-corrected chi connectivity index (χ2v) is 18.5. The third-order valence-electron chi connectivity index (χ3n) is 16.0. The molecular formula is C39H63NO11. The molecule has 3 saturated carbocycles. The number of piperidine rings is 1. The van der Waals surface area contributed by atoms with Gasteiger partial charge in [0, 0.05) is 24.0 Å². The van der Waals surface area contributed by atoms with E-state index >= 15 is 0 Å². The predicted octanol–water partition coefficient (Wildman–Crippen LogP) is 1.30. The molecule has 0 aromatic heterocycles. The molecular weight excluding hydrogens is 658 g/mol. The lowest BCUT2D eigenvalue weighted by Crippen LogP contribution is -2.64. The summed E-state index contributed by atoms with van der Waals surface area (Å²) in [7, 11) is 0. The summed E-state index contributed by atoms with van der Waals surface area (Å²) in [4.78, 5) is 2.86. The van der Waals surface area contributed by atoms with Crippen molar-refractivity contribution in [3.8, 4) is 0 Å². The van der Waals surface area contributed by atoms with Crippen molar-refractivity contribution in [1.82, 2.24) is 4.90 Å². The van der Waals surface area contributed by atoms with Crippen molar-refractivity contribution in [2.45, 2.75) is 172 Å². The SMILES string of the molecule is CC1CCC2C(C)C3C(CC4C5CC=C6CC(OC7OC(CO)C(OC8OC(C)C(O)C(O)C8O)C(O)C7O)CCC6(C)C5CC(O)C43C)N2C1. The van der Waals surface area contributed by atoms with Gasteiger partial charge < -0.3 is 54.7 Å². The summed E-state index contributed by atoms with van der Waals surface area (Å²) in [6, 6.07) is 1.24. The molecule has 4 heterocycles. The Kier molecular flexibility index (Phi) is 9.83. The van der Waals surface area contributed by atoms with Crippen LogP contribution in [-0.2, 0) is 18.9 Å². The maximum absolute atomic E-state index is 12.2. The van der Waals surface area contributed by atoms with Gasteiger partial charge >= 0.3 is 0 Å². The molecule has 0 aromatic rings. The summed E-state index contributed by atoms with van der Waals surface area (Å²) in [5.74, 6) is 3.34. The molecule has 22 atom stereocenters. The molecule has 290 valence electrons. The second-order valence-electron chi connectivity index (χ2n) is 18.5. The fourth-order valence-electron chi connectivity index (χ4n) is 13.2. The van der Waals surface area contributed by atoms with Crippen LogP contribution in [-0.4, -0.2) is 140 Å². The summed E-state index contributed by atoms with van der Waals surface area (Å²) in [6.45, 7) is 11.8. The number of aliphatic hydroxyl groups excluding tert-OH is 7. The highest BCUT2D eigenvalue weighted by molar-refractivity contribution is 5.28. The summed E-state index contributed by atoms with van der Waals surface area (Å²) in [5.41, 5.74) is 1.23. The lowest BCUT2D eigenvalue weighted by atomic mass is 9.46. The Morgan fingerprint density at radius 1 is 0.824 bits per heavy atom. The molecule has 8 aliphatic rings. The number of rotatable bonds is 5. The molecule has 0 spiro atoms. The zero-order chi connectivity index (χ0) is 36.3. The number of aliphatic hydroxyl groups is 7. The van der Waals surface area contributed by atoms with Crippen molar-refractivity contribution >= 4 is 0 Å². The van der Waals surface area contributed by atoms with Crippen LogP contribution < -0.4 is 0 Å². The van der Waals surface area contributed by atoms with E-state index in [4.69, 9.17) is 18.9 Å². The first-order chi connectivity index (χ1) is 24.2. The number of hydrogen-bond donors (Lipinski definition) is 7. The van der Waals surface area contributed by atoms with Crippen LogP contribution in [0.2, 0.25) is 0 Å². The predicted molar refractivity (Wildman–Crippen MR) is 184 cm³/mol. The van der Waals surface area contributed by atoms with Crippen molar-refractivity contribution < 1.29 is 54.7 Å². The van der Waals surface area contributed by atoms with Crippen LogP contribution in [0.25, 0.3) is 0 Å². The second kappa shape index (κ2) is 13.5. The molecule has 7 N–H and O–H groups in total. The quantitative estimate of drug-likeness (QED) is 0.203. The van der Waals surface area contributed by atoms with Crippen molar-refractivity contribution in [3.63, 3.8) is 0 Å². The Morgan fingerprint density at radius 2 is 1.55 bits per heavy atom. The van der Waals surface area contributed by atoms with Crippen LogP contribution in [0.4, 0.5) is 0 Å². The van der Waals surface area contributed by atoms with Crippen LogP contribution in [0.5, 0.6) is 0 Å². The molecule has 12 nitrogen and oxygen atoms in total. The van der Waals surface area contributed by atoms with Gasteiger partial charge in [-0.1, -0.05) is 39.3 Å². The molecule has 8 rings (SSSR count). The molecule has 0 aromatic carbocycles. The minimum absolute atomic E-state index is 0.0508. The first-order valence-corrected chi connectivity index (χ1v) is 19.9. The summed E-state index contributed by atoms with van der Waals surface area (Å²) < 4.78 is 23.6. The van der Waals surface area contributed by atoms with Crippen LogP contribution >= 0.6 is 0 Å². The van der Waals surface area contributed by atoms with Gasteiger partial charge in [-0.05, 0) is 99.2 Å². The molecule has 0 bridgehead atoms. The van der Waals surface area contributed by atoms with Crippen LogP contribution in [0.3, 0.4) is 0 Å². The molecule has 4 saturated heterocycles. The van der Waals surface area contributed by atoms with E-state index in [9.17, 15) is 35.7 Å². The molecule has 0 radical (unpaired) electrons. The summed E-state index contributed by atoms with van der Waals surface area (Å²) in [6.07, 6.45) is -3.65. The van der Waals surface area contributed by atoms with Gasteiger partial charge in [0.05, 0.1) is 24.9 Å². The number of allylic oxidation sites excluding steroid dienone is 1. The monoisotopic (exact) mass is 721 g/mol. The average molecular weight is 722 g/mol. The molecule has 12 heteroatoms. The highest BCUT2D eigenvalue weighted by atomic mass is 16.7. The standard InChI is InChI=1S/C39H63NO11/c1-17-6-9-25-18(2)29-26(40(25)15-17)13-24-22-8-7-20-12-21(10-11-38(20,4)23(22)14-28(42)39(24,29)5)49-37-34(47)32(45)35(27(16-41)50-37)51-36-33(46)31(44)30(43)19(3)48-36/h7,17-19,21-37,41-47H,6,8-16H2,1-5H3. The van der Waals surface area contributed by atoms with E-state index < -0.39 is 68.0 Å². The topological polar surface area (TPSA) is 182 Å². The Balaban J connectivity index is 0.941. The van der Waals surface area contributed by atoms with Crippen molar-refractivity contribution in [2.24, 2.45) is 46.3 Å². The van der Waals surface area contributed by atoms with Crippen molar-refractivity contribution in [3.05, 3.63) is 11.6 Å². The van der Waals surface area contributed by atoms with E-state index in [1.807, 2.05) is 0 Å². The fraction of sp³-hybridized carbons (Fsp3) is 0.949. The largest absolute Gasteiger partial charge is 0.394 e. The van der Waals surface area contributed by atoms with E-state index in [1.165, 1.54) is 38.3 Å². The van der Waals surface area contributed by atoms with Gasteiger partial charge in [-0.15, -0.1) is 0 Å². The molecule has 22 unspecified atom stereocenters. The Labute approximate surface area is 302 Å². The molecule has 7 fully saturated rings. The minimum Gasteiger partial charge on any atom is -0.394 e. The zero-order valence-electron chi connectivity index (χ0n) is 30.9. The molecule has 4 aliphatic heterocycles. The van der Waals surface area contributed by atoms with E-state index in [0.29, 0.717) is 48.1 Å². The van der Waals surface area contributed by atoms with Gasteiger partial charge in [0.15, 0.2) is 12.6 Å². The number of ether oxygens (including phenoxy) is 4. The maximum Gasteiger partial charge on any atom is 0.187 e. The first-order valence-electron chi connectivity index (χ1n) is 19.9. The van der Waals surface area contributed by atoms with Gasteiger partial charge in [-0.3, -0.25) is 4.90 Å². The number of hydrogen-bond acceptors (Lipinski definition) is 12. The lowest BCUT2D eigenvalue weighted by Gasteiger charge is -2.60. The number of nitrogens with zero attached hydrogens (tertiary/aromatic N) is 1. The van der Waals surface area contributed by atoms with Gasteiger partial charge in [-0.2, -0.15) is 0 Å². The molecule has 51 heavy (non-hydrogen) atoms. The van der Waals surface area contributed by atoms with Gasteiger partial charge in [0.2, 0.25) is 0 Å². The smallest absolute Gasteiger partial charge is 0.187 e. The first kappa shape index (κ1) is 37.2. The van der Waals surface area contributed by atoms with Crippen molar-refractivity contribution in [1.29, 1.82) is 0 Å². The molecule has 4 aliphatic carbocycles. The maximum atomic E-state index is 12.2. The summed E-state index contributed by atoms with van der Waals surface area (Å²) >= 11 is 0. The van der Waals surface area contributed by atoms with E-state index in [0.717, 1.165) is 31.6 Å². The van der Waals surface area contributed by atoms with Gasteiger partial charge in [-0.25, -0.2) is 0 Å². The third kappa shape index (κ3) is 5.67. The summed E-state index contributed by atoms with van der Waals surface area (Å²) in [5, 5.41) is 75.3. The number of fused-ring (bicyclic) bond motifs is 9. The van der Waals surface area contributed by atoms with E-state index in [1.54, 1.807) is 0 Å². The Morgan fingerprint density at radius 3 is 2.29 bits per heavy atom. The van der Waals surface area contributed by atoms with Crippen LogP contribution in [0.1, 0.15) is 86.0 Å². The molecule has 0 amide bonds. The van der Waals surface area contributed by atoms with Gasteiger partial charge in [0.25, 0.3) is 0 Å². The zero-order valence-corrected chi connectivity index (χ0v) is 30.9. The third-order valence-corrected chi connectivity index (χ3v) is 16.0. The van der Waals surface area contributed by atoms with Gasteiger partial charge in [0.1, 0.15) is 42.7 Å². The highest BCUT2D eigenvalue weighted by Gasteiger charge is 2.69. The average Bonchev–Trinajstić information content (AvgIpc) is 3.58. The highest BCUT2D eigenvalue weighted by Crippen LogP contribution is 2.70. The Bertz CT molecular complexity index is 1320. The van der Waals surface area contributed by atoms with Crippen LogP contribution in [0, 0.1) is 46.3 Å². The minimum atomic E-state index is -1.62. The Hall–Kier alpha value is -0.740.